The first-order valence-corrected chi connectivity index (χ1v) is 7.47. The molecule has 2 aromatic carbocycles. The summed E-state index contributed by atoms with van der Waals surface area (Å²) in [4.78, 5) is 2.02. The first-order valence-electron chi connectivity index (χ1n) is 7.47. The van der Waals surface area contributed by atoms with Crippen molar-refractivity contribution in [2.45, 2.75) is 12.7 Å². The van der Waals surface area contributed by atoms with Crippen molar-refractivity contribution < 1.29 is 13.2 Å². The quantitative estimate of drug-likeness (QED) is 0.726. The summed E-state index contributed by atoms with van der Waals surface area (Å²) in [6.07, 6.45) is -2.56. The van der Waals surface area contributed by atoms with Gasteiger partial charge >= 0.3 is 6.18 Å². The van der Waals surface area contributed by atoms with Crippen LogP contribution in [0.15, 0.2) is 48.7 Å². The summed E-state index contributed by atoms with van der Waals surface area (Å²) < 4.78 is 41.0. The third kappa shape index (κ3) is 3.10. The van der Waals surface area contributed by atoms with Crippen LogP contribution in [0.4, 0.5) is 18.9 Å². The number of para-hydroxylation sites is 1. The molecule has 3 aromatic rings. The number of rotatable bonds is 3. The van der Waals surface area contributed by atoms with Crippen LogP contribution in [0.5, 0.6) is 0 Å². The zero-order valence-electron chi connectivity index (χ0n) is 13.4. The molecule has 0 amide bonds. The zero-order chi connectivity index (χ0) is 17.5. The van der Waals surface area contributed by atoms with Gasteiger partial charge in [-0.15, -0.1) is 0 Å². The lowest BCUT2D eigenvalue weighted by Gasteiger charge is -2.12. The SMILES string of the molecule is CN(C)Cc1cn(-c2cc(N)cc(C(F)(F)F)c2)c2ccccc12. The highest BCUT2D eigenvalue weighted by molar-refractivity contribution is 5.85. The van der Waals surface area contributed by atoms with Crippen LogP contribution in [-0.4, -0.2) is 23.6 Å². The van der Waals surface area contributed by atoms with Crippen molar-refractivity contribution in [1.82, 2.24) is 9.47 Å². The minimum absolute atomic E-state index is 0.0896. The van der Waals surface area contributed by atoms with Crippen molar-refractivity contribution in [3.63, 3.8) is 0 Å². The van der Waals surface area contributed by atoms with Gasteiger partial charge in [-0.3, -0.25) is 0 Å². The Morgan fingerprint density at radius 1 is 1.08 bits per heavy atom. The predicted molar refractivity (Wildman–Crippen MR) is 90.1 cm³/mol. The van der Waals surface area contributed by atoms with Gasteiger partial charge in [0.1, 0.15) is 0 Å². The molecular weight excluding hydrogens is 315 g/mol. The van der Waals surface area contributed by atoms with E-state index in [0.29, 0.717) is 12.2 Å². The third-order valence-electron chi connectivity index (χ3n) is 3.83. The van der Waals surface area contributed by atoms with E-state index in [0.717, 1.165) is 28.6 Å². The fraction of sp³-hybridized carbons (Fsp3) is 0.222. The van der Waals surface area contributed by atoms with Crippen LogP contribution in [0.2, 0.25) is 0 Å². The molecule has 0 saturated carbocycles. The lowest BCUT2D eigenvalue weighted by Crippen LogP contribution is -2.10. The Labute approximate surface area is 138 Å². The van der Waals surface area contributed by atoms with Crippen molar-refractivity contribution in [3.8, 4) is 5.69 Å². The summed E-state index contributed by atoms with van der Waals surface area (Å²) in [5, 5.41) is 1.02. The van der Waals surface area contributed by atoms with Gasteiger partial charge in [-0.2, -0.15) is 13.2 Å². The number of anilines is 1. The smallest absolute Gasteiger partial charge is 0.399 e. The van der Waals surface area contributed by atoms with E-state index in [1.165, 1.54) is 0 Å². The standard InChI is InChI=1S/C18H18F3N3/c1-23(2)10-12-11-24(17-6-4-3-5-16(12)17)15-8-13(18(19,20)21)7-14(22)9-15/h3-9,11H,10,22H2,1-2H3. The van der Waals surface area contributed by atoms with Gasteiger partial charge < -0.3 is 15.2 Å². The number of hydrogen-bond acceptors (Lipinski definition) is 2. The Balaban J connectivity index is 2.21. The molecule has 0 radical (unpaired) electrons. The molecule has 0 aliphatic carbocycles. The molecule has 6 heteroatoms. The summed E-state index contributed by atoms with van der Waals surface area (Å²) in [6.45, 7) is 0.696. The molecule has 0 atom stereocenters. The van der Waals surface area contributed by atoms with Crippen LogP contribution in [0.3, 0.4) is 0 Å². The van der Waals surface area contributed by atoms with Gasteiger partial charge in [0.25, 0.3) is 0 Å². The Bertz CT molecular complexity index is 879. The highest BCUT2D eigenvalue weighted by atomic mass is 19.4. The van der Waals surface area contributed by atoms with Crippen molar-refractivity contribution in [2.24, 2.45) is 0 Å². The number of alkyl halides is 3. The molecule has 0 aliphatic heterocycles. The zero-order valence-corrected chi connectivity index (χ0v) is 13.4. The number of fused-ring (bicyclic) bond motifs is 1. The van der Waals surface area contributed by atoms with Crippen LogP contribution in [0.25, 0.3) is 16.6 Å². The van der Waals surface area contributed by atoms with Gasteiger partial charge in [0.15, 0.2) is 0 Å². The highest BCUT2D eigenvalue weighted by Gasteiger charge is 2.31. The summed E-state index contributed by atoms with van der Waals surface area (Å²) in [7, 11) is 3.91. The number of nitrogens with two attached hydrogens (primary N) is 1. The number of benzene rings is 2. The topological polar surface area (TPSA) is 34.2 Å². The molecule has 3 nitrogen and oxygen atoms in total. The molecule has 24 heavy (non-hydrogen) atoms. The first-order chi connectivity index (χ1) is 11.3. The van der Waals surface area contributed by atoms with Crippen LogP contribution >= 0.6 is 0 Å². The van der Waals surface area contributed by atoms with E-state index < -0.39 is 11.7 Å². The normalized spacial score (nSPS) is 12.2. The Morgan fingerprint density at radius 3 is 2.46 bits per heavy atom. The third-order valence-corrected chi connectivity index (χ3v) is 3.83. The number of halogens is 3. The van der Waals surface area contributed by atoms with Crippen LogP contribution in [0, 0.1) is 0 Å². The molecule has 3 rings (SSSR count). The Hall–Kier alpha value is -2.47. The van der Waals surface area contributed by atoms with E-state index in [1.54, 1.807) is 10.6 Å². The van der Waals surface area contributed by atoms with Crippen molar-refractivity contribution in [2.75, 3.05) is 19.8 Å². The van der Waals surface area contributed by atoms with E-state index in [9.17, 15) is 13.2 Å². The lowest BCUT2D eigenvalue weighted by atomic mass is 10.1. The van der Waals surface area contributed by atoms with Crippen molar-refractivity contribution >= 4 is 16.6 Å². The summed E-state index contributed by atoms with van der Waals surface area (Å²) in [5.74, 6) is 0. The molecule has 1 aromatic heterocycles. The maximum absolute atomic E-state index is 13.1. The monoisotopic (exact) mass is 333 g/mol. The Morgan fingerprint density at radius 2 is 1.79 bits per heavy atom. The number of hydrogen-bond donors (Lipinski definition) is 1. The van der Waals surface area contributed by atoms with Gasteiger partial charge in [0, 0.05) is 29.5 Å². The fourth-order valence-electron chi connectivity index (χ4n) is 2.87. The molecule has 0 aliphatic rings. The van der Waals surface area contributed by atoms with Gasteiger partial charge in [0.05, 0.1) is 11.1 Å². The highest BCUT2D eigenvalue weighted by Crippen LogP contribution is 2.34. The van der Waals surface area contributed by atoms with Gasteiger partial charge in [-0.1, -0.05) is 18.2 Å². The van der Waals surface area contributed by atoms with Crippen LogP contribution in [0.1, 0.15) is 11.1 Å². The molecule has 0 spiro atoms. The molecule has 0 bridgehead atoms. The molecule has 126 valence electrons. The average molecular weight is 333 g/mol. The van der Waals surface area contributed by atoms with E-state index >= 15 is 0 Å². The first kappa shape index (κ1) is 16.4. The predicted octanol–water partition coefficient (Wildman–Crippen LogP) is 4.29. The van der Waals surface area contributed by atoms with Crippen molar-refractivity contribution in [1.29, 1.82) is 0 Å². The van der Waals surface area contributed by atoms with Gasteiger partial charge in [0.2, 0.25) is 0 Å². The second kappa shape index (κ2) is 5.87. The van der Waals surface area contributed by atoms with Gasteiger partial charge in [-0.05, 0) is 43.9 Å². The number of nitrogen functional groups attached to an aromatic ring is 1. The maximum atomic E-state index is 13.1. The minimum atomic E-state index is -4.43. The summed E-state index contributed by atoms with van der Waals surface area (Å²) >= 11 is 0. The van der Waals surface area contributed by atoms with Crippen LogP contribution in [-0.2, 0) is 12.7 Å². The van der Waals surface area contributed by atoms with E-state index in [4.69, 9.17) is 5.73 Å². The lowest BCUT2D eigenvalue weighted by molar-refractivity contribution is -0.137. The molecule has 0 saturated heterocycles. The summed E-state index contributed by atoms with van der Waals surface area (Å²) in [6, 6.07) is 11.3. The molecule has 0 unspecified atom stereocenters. The average Bonchev–Trinajstić information content (AvgIpc) is 2.84. The maximum Gasteiger partial charge on any atom is 0.416 e. The van der Waals surface area contributed by atoms with E-state index in [2.05, 4.69) is 0 Å². The van der Waals surface area contributed by atoms with E-state index in [1.807, 2.05) is 49.5 Å². The number of aromatic nitrogens is 1. The second-order valence-corrected chi connectivity index (χ2v) is 6.09. The minimum Gasteiger partial charge on any atom is -0.399 e. The fourth-order valence-corrected chi connectivity index (χ4v) is 2.87. The molecule has 2 N–H and O–H groups in total. The molecule has 0 fully saturated rings. The van der Waals surface area contributed by atoms with Gasteiger partial charge in [-0.25, -0.2) is 0 Å². The van der Waals surface area contributed by atoms with Crippen molar-refractivity contribution in [3.05, 3.63) is 59.8 Å². The summed E-state index contributed by atoms with van der Waals surface area (Å²) in [5.41, 5.74) is 7.36. The second-order valence-electron chi connectivity index (χ2n) is 6.09. The molecular formula is C18H18F3N3. The molecule has 1 heterocycles. The Kier molecular flexibility index (Phi) is 4.01. The van der Waals surface area contributed by atoms with Crippen LogP contribution < -0.4 is 5.73 Å². The largest absolute Gasteiger partial charge is 0.416 e. The van der Waals surface area contributed by atoms with E-state index in [-0.39, 0.29) is 5.69 Å². The number of nitrogens with zero attached hydrogens (tertiary/aromatic N) is 2.